The van der Waals surface area contributed by atoms with E-state index in [1.807, 2.05) is 24.3 Å². The first-order valence-electron chi connectivity index (χ1n) is 10.2. The normalized spacial score (nSPS) is 11.6. The molecule has 0 aliphatic rings. The predicted molar refractivity (Wildman–Crippen MR) is 130 cm³/mol. The fourth-order valence-corrected chi connectivity index (χ4v) is 4.15. The lowest BCUT2D eigenvalue weighted by Gasteiger charge is -2.16. The molecule has 1 N–H and O–H groups in total. The Kier molecular flexibility index (Phi) is 9.15. The van der Waals surface area contributed by atoms with Crippen LogP contribution in [0.2, 0.25) is 0 Å². The number of rotatable bonds is 9. The number of methoxy groups -OCH3 is 1. The van der Waals surface area contributed by atoms with Gasteiger partial charge in [-0.05, 0) is 81.0 Å². The van der Waals surface area contributed by atoms with E-state index in [0.29, 0.717) is 41.1 Å². The molecule has 1 heterocycles. The van der Waals surface area contributed by atoms with E-state index in [-0.39, 0.29) is 12.4 Å². The maximum atomic E-state index is 11.7. The topological polar surface area (TPSA) is 92.4 Å². The number of carbonyl (C=O) groups is 1. The van der Waals surface area contributed by atoms with Crippen molar-refractivity contribution in [3.8, 4) is 6.07 Å². The third-order valence-corrected chi connectivity index (χ3v) is 6.02. The van der Waals surface area contributed by atoms with Crippen molar-refractivity contribution in [2.45, 2.75) is 25.6 Å². The van der Waals surface area contributed by atoms with Crippen LogP contribution in [-0.4, -0.2) is 29.8 Å². The molecule has 170 valence electrons. The first kappa shape index (κ1) is 25.1. The van der Waals surface area contributed by atoms with Crippen LogP contribution in [0.5, 0.6) is 0 Å². The number of benzene rings is 2. The number of pyridine rings is 1. The van der Waals surface area contributed by atoms with Gasteiger partial charge >= 0.3 is 5.97 Å². The van der Waals surface area contributed by atoms with Crippen molar-refractivity contribution in [1.29, 1.82) is 5.26 Å². The predicted octanol–water partition coefficient (Wildman–Crippen LogP) is 5.03. The number of hydrogen-bond acceptors (Lipinski definition) is 6. The monoisotopic (exact) mass is 572 g/mol. The highest BCUT2D eigenvalue weighted by molar-refractivity contribution is 9.10. The Bertz CT molecular complexity index is 1180. The summed E-state index contributed by atoms with van der Waals surface area (Å²) in [6, 6.07) is 18.4. The van der Waals surface area contributed by atoms with E-state index >= 15 is 0 Å². The summed E-state index contributed by atoms with van der Waals surface area (Å²) in [6.07, 6.45) is -0.263. The second kappa shape index (κ2) is 12.1. The van der Waals surface area contributed by atoms with E-state index in [1.165, 1.54) is 7.11 Å². The molecule has 2 aromatic carbocycles. The van der Waals surface area contributed by atoms with Gasteiger partial charge in [0.15, 0.2) is 0 Å². The number of nitriles is 1. The highest BCUT2D eigenvalue weighted by atomic mass is 79.9. The van der Waals surface area contributed by atoms with Gasteiger partial charge < -0.3 is 14.6 Å². The number of hydrogen-bond donors (Lipinski definition) is 1. The van der Waals surface area contributed by atoms with Crippen LogP contribution < -0.4 is 0 Å². The van der Waals surface area contributed by atoms with E-state index in [1.54, 1.807) is 30.3 Å². The summed E-state index contributed by atoms with van der Waals surface area (Å²) in [4.78, 5) is 16.0. The number of carbonyl (C=O) groups excluding carboxylic acids is 1. The minimum atomic E-state index is -0.929. The van der Waals surface area contributed by atoms with E-state index in [4.69, 9.17) is 9.47 Å². The van der Waals surface area contributed by atoms with Gasteiger partial charge in [-0.15, -0.1) is 0 Å². The zero-order valence-electron chi connectivity index (χ0n) is 17.9. The molecule has 1 aromatic heterocycles. The SMILES string of the molecule is COC(=O)Cc1ccc(Br)cc1COCCc1cc(C#N)ccc1C(O)c1cccc(Br)n1. The van der Waals surface area contributed by atoms with E-state index in [2.05, 4.69) is 42.9 Å². The zero-order valence-corrected chi connectivity index (χ0v) is 21.1. The maximum absolute atomic E-state index is 11.7. The van der Waals surface area contributed by atoms with Gasteiger partial charge in [-0.1, -0.05) is 34.1 Å². The molecule has 3 aromatic rings. The van der Waals surface area contributed by atoms with Crippen LogP contribution in [0.15, 0.2) is 63.7 Å². The van der Waals surface area contributed by atoms with Crippen LogP contribution in [0.3, 0.4) is 0 Å². The third kappa shape index (κ3) is 6.95. The Morgan fingerprint density at radius 2 is 1.94 bits per heavy atom. The van der Waals surface area contributed by atoms with Gasteiger partial charge in [0.1, 0.15) is 10.7 Å². The van der Waals surface area contributed by atoms with Gasteiger partial charge in [-0.25, -0.2) is 4.98 Å². The summed E-state index contributed by atoms with van der Waals surface area (Å²) < 4.78 is 12.2. The number of aliphatic hydroxyl groups is 1. The van der Waals surface area contributed by atoms with Gasteiger partial charge in [0.2, 0.25) is 0 Å². The number of aliphatic hydroxyl groups excluding tert-OH is 1. The molecule has 0 amide bonds. The molecule has 3 rings (SSSR count). The molecule has 6 nitrogen and oxygen atoms in total. The van der Waals surface area contributed by atoms with Crippen molar-refractivity contribution < 1.29 is 19.4 Å². The third-order valence-electron chi connectivity index (χ3n) is 5.09. The molecule has 0 saturated heterocycles. The maximum Gasteiger partial charge on any atom is 0.309 e. The van der Waals surface area contributed by atoms with Crippen molar-refractivity contribution in [3.63, 3.8) is 0 Å². The number of nitrogens with zero attached hydrogens (tertiary/aromatic N) is 2. The van der Waals surface area contributed by atoms with E-state index in [0.717, 1.165) is 21.2 Å². The van der Waals surface area contributed by atoms with E-state index in [9.17, 15) is 15.2 Å². The molecule has 0 radical (unpaired) electrons. The van der Waals surface area contributed by atoms with Crippen molar-refractivity contribution in [1.82, 2.24) is 4.98 Å². The molecule has 0 saturated carbocycles. The van der Waals surface area contributed by atoms with Crippen LogP contribution in [0, 0.1) is 11.3 Å². The summed E-state index contributed by atoms with van der Waals surface area (Å²) in [7, 11) is 1.36. The lowest BCUT2D eigenvalue weighted by Crippen LogP contribution is -2.10. The van der Waals surface area contributed by atoms with Crippen molar-refractivity contribution in [3.05, 3.63) is 97.2 Å². The fourth-order valence-electron chi connectivity index (χ4n) is 3.39. The quantitative estimate of drug-likeness (QED) is 0.219. The van der Waals surface area contributed by atoms with Crippen molar-refractivity contribution in [2.75, 3.05) is 13.7 Å². The lowest BCUT2D eigenvalue weighted by atomic mass is 9.96. The summed E-state index contributed by atoms with van der Waals surface area (Å²) >= 11 is 6.78. The zero-order chi connectivity index (χ0) is 23.8. The Morgan fingerprint density at radius 3 is 2.67 bits per heavy atom. The molecule has 8 heteroatoms. The molecule has 0 spiro atoms. The highest BCUT2D eigenvalue weighted by Gasteiger charge is 2.17. The first-order valence-corrected chi connectivity index (χ1v) is 11.7. The van der Waals surface area contributed by atoms with Crippen LogP contribution in [0.4, 0.5) is 0 Å². The number of esters is 1. The average molecular weight is 574 g/mol. The van der Waals surface area contributed by atoms with Crippen LogP contribution in [-0.2, 0) is 33.7 Å². The molecule has 0 aliphatic heterocycles. The Morgan fingerprint density at radius 1 is 1.12 bits per heavy atom. The largest absolute Gasteiger partial charge is 0.469 e. The van der Waals surface area contributed by atoms with E-state index < -0.39 is 6.10 Å². The van der Waals surface area contributed by atoms with Crippen LogP contribution >= 0.6 is 31.9 Å². The second-order valence-electron chi connectivity index (χ2n) is 7.28. The van der Waals surface area contributed by atoms with Gasteiger partial charge in [-0.3, -0.25) is 4.79 Å². The Balaban J connectivity index is 1.72. The Hall–Kier alpha value is -2.57. The lowest BCUT2D eigenvalue weighted by molar-refractivity contribution is -0.139. The summed E-state index contributed by atoms with van der Waals surface area (Å²) in [5, 5.41) is 20.2. The smallest absolute Gasteiger partial charge is 0.309 e. The molecule has 0 fully saturated rings. The van der Waals surface area contributed by atoms with Gasteiger partial charge in [0.05, 0.1) is 44.1 Å². The average Bonchev–Trinajstić information content (AvgIpc) is 2.82. The summed E-state index contributed by atoms with van der Waals surface area (Å²) in [5.41, 5.74) is 4.24. The molecule has 1 unspecified atom stereocenters. The molecule has 1 atom stereocenters. The Labute approximate surface area is 209 Å². The molecule has 33 heavy (non-hydrogen) atoms. The second-order valence-corrected chi connectivity index (χ2v) is 9.01. The number of aromatic nitrogens is 1. The molecule has 0 aliphatic carbocycles. The summed E-state index contributed by atoms with van der Waals surface area (Å²) in [5.74, 6) is -0.313. The van der Waals surface area contributed by atoms with Crippen LogP contribution in [0.25, 0.3) is 0 Å². The first-order chi connectivity index (χ1) is 15.9. The van der Waals surface area contributed by atoms with Gasteiger partial charge in [-0.2, -0.15) is 5.26 Å². The van der Waals surface area contributed by atoms with Gasteiger partial charge in [0, 0.05) is 4.47 Å². The molecular weight excluding hydrogens is 552 g/mol. The van der Waals surface area contributed by atoms with Crippen molar-refractivity contribution in [2.24, 2.45) is 0 Å². The molecule has 0 bridgehead atoms. The van der Waals surface area contributed by atoms with Crippen LogP contribution in [0.1, 0.15) is 39.6 Å². The minimum absolute atomic E-state index is 0.169. The van der Waals surface area contributed by atoms with Gasteiger partial charge in [0.25, 0.3) is 0 Å². The molecular formula is C25H22Br2N2O4. The summed E-state index contributed by atoms with van der Waals surface area (Å²) in [6.45, 7) is 0.680. The number of ether oxygens (including phenoxy) is 2. The fraction of sp³-hybridized carbons (Fsp3) is 0.240. The number of halogens is 2. The minimum Gasteiger partial charge on any atom is -0.469 e. The van der Waals surface area contributed by atoms with Crippen molar-refractivity contribution >= 4 is 37.8 Å². The highest BCUT2D eigenvalue weighted by Crippen LogP contribution is 2.26. The standard InChI is InChI=1S/C25H22Br2N2O4/c1-32-24(30)13-17-6-7-20(26)12-19(17)15-33-10-9-18-11-16(14-28)5-8-21(18)25(31)22-3-2-4-23(27)29-22/h2-8,11-12,25,31H,9-10,13,15H2,1H3.